The van der Waals surface area contributed by atoms with E-state index < -0.39 is 0 Å². The van der Waals surface area contributed by atoms with Crippen LogP contribution in [0.25, 0.3) is 0 Å². The predicted octanol–water partition coefficient (Wildman–Crippen LogP) is -0.00470. The summed E-state index contributed by atoms with van der Waals surface area (Å²) < 4.78 is 2.05. The molecule has 1 saturated carbocycles. The third kappa shape index (κ3) is 3.80. The monoisotopic (exact) mass is 336 g/mol. The maximum Gasteiger partial charge on any atom is 0.209 e. The van der Waals surface area contributed by atoms with Crippen LogP contribution in [-0.4, -0.2) is 52.4 Å². The van der Waals surface area contributed by atoms with Crippen molar-refractivity contribution in [3.05, 3.63) is 5.82 Å². The van der Waals surface area contributed by atoms with E-state index in [1.165, 1.54) is 64.7 Å². The van der Waals surface area contributed by atoms with E-state index >= 15 is 0 Å². The van der Waals surface area contributed by atoms with Gasteiger partial charge in [0.25, 0.3) is 0 Å². The van der Waals surface area contributed by atoms with Crippen molar-refractivity contribution in [2.24, 2.45) is 0 Å². The SMILES string of the molecule is CCC[C@@H](c1nnnn1C(C)(C)C)[NH+]1CC[NH+](C2CCCC2)CC1. The molecule has 1 aliphatic carbocycles. The summed E-state index contributed by atoms with van der Waals surface area (Å²) in [4.78, 5) is 3.56. The number of quaternary nitrogens is 2. The molecule has 24 heavy (non-hydrogen) atoms. The normalized spacial score (nSPS) is 27.5. The van der Waals surface area contributed by atoms with Crippen LogP contribution in [0.3, 0.4) is 0 Å². The van der Waals surface area contributed by atoms with Gasteiger partial charge in [-0.15, -0.1) is 5.10 Å². The zero-order valence-corrected chi connectivity index (χ0v) is 16.0. The van der Waals surface area contributed by atoms with E-state index in [0.717, 1.165) is 11.9 Å². The Balaban J connectivity index is 1.70. The average molecular weight is 337 g/mol. The molecule has 0 radical (unpaired) electrons. The summed E-state index contributed by atoms with van der Waals surface area (Å²) >= 11 is 0. The van der Waals surface area contributed by atoms with E-state index in [1.807, 2.05) is 4.90 Å². The molecule has 1 aromatic heterocycles. The van der Waals surface area contributed by atoms with Crippen LogP contribution in [0.4, 0.5) is 0 Å². The van der Waals surface area contributed by atoms with Gasteiger partial charge in [0.05, 0.1) is 11.6 Å². The van der Waals surface area contributed by atoms with Crippen LogP contribution >= 0.6 is 0 Å². The molecule has 0 amide bonds. The Morgan fingerprint density at radius 3 is 2.38 bits per heavy atom. The highest BCUT2D eigenvalue weighted by atomic mass is 15.6. The molecule has 6 nitrogen and oxygen atoms in total. The Labute approximate surface area is 146 Å². The van der Waals surface area contributed by atoms with Crippen LogP contribution in [0.15, 0.2) is 0 Å². The summed E-state index contributed by atoms with van der Waals surface area (Å²) in [5, 5.41) is 12.8. The van der Waals surface area contributed by atoms with Gasteiger partial charge in [-0.2, -0.15) is 0 Å². The maximum absolute atomic E-state index is 4.45. The second-order valence-electron chi connectivity index (χ2n) is 8.76. The summed E-state index contributed by atoms with van der Waals surface area (Å²) in [6.07, 6.45) is 8.15. The first-order chi connectivity index (χ1) is 11.5. The third-order valence-corrected chi connectivity index (χ3v) is 5.98. The first-order valence-corrected chi connectivity index (χ1v) is 9.98. The summed E-state index contributed by atoms with van der Waals surface area (Å²) in [5.41, 5.74) is -0.0544. The lowest BCUT2D eigenvalue weighted by molar-refractivity contribution is -1.04. The summed E-state index contributed by atoms with van der Waals surface area (Å²) in [7, 11) is 0. The molecule has 2 fully saturated rings. The molecule has 136 valence electrons. The van der Waals surface area contributed by atoms with E-state index in [4.69, 9.17) is 0 Å². The molecular formula is C18H36N6+2. The van der Waals surface area contributed by atoms with Crippen LogP contribution in [0.5, 0.6) is 0 Å². The fourth-order valence-electron chi connectivity index (χ4n) is 4.68. The van der Waals surface area contributed by atoms with Crippen molar-refractivity contribution in [3.63, 3.8) is 0 Å². The topological polar surface area (TPSA) is 52.5 Å². The second-order valence-corrected chi connectivity index (χ2v) is 8.76. The number of piperazine rings is 1. The predicted molar refractivity (Wildman–Crippen MR) is 94.1 cm³/mol. The molecule has 0 aromatic carbocycles. The van der Waals surface area contributed by atoms with Gasteiger partial charge in [-0.05, 0) is 56.9 Å². The van der Waals surface area contributed by atoms with Crippen LogP contribution in [0, 0.1) is 0 Å². The van der Waals surface area contributed by atoms with Crippen molar-refractivity contribution >= 4 is 0 Å². The minimum Gasteiger partial charge on any atom is -0.323 e. The highest BCUT2D eigenvalue weighted by molar-refractivity contribution is 4.92. The Morgan fingerprint density at radius 2 is 1.79 bits per heavy atom. The minimum absolute atomic E-state index is 0.0544. The largest absolute Gasteiger partial charge is 0.323 e. The van der Waals surface area contributed by atoms with Gasteiger partial charge in [0, 0.05) is 6.42 Å². The lowest BCUT2D eigenvalue weighted by Crippen LogP contribution is -3.29. The summed E-state index contributed by atoms with van der Waals surface area (Å²) in [6, 6.07) is 1.38. The molecule has 2 aliphatic rings. The van der Waals surface area contributed by atoms with Crippen molar-refractivity contribution in [2.45, 2.75) is 83.8 Å². The van der Waals surface area contributed by atoms with Gasteiger partial charge < -0.3 is 9.80 Å². The average Bonchev–Trinajstić information content (AvgIpc) is 3.23. The standard InChI is InChI=1S/C18H34N6/c1-5-8-16(17-19-20-21-24(17)18(2,3)4)23-13-11-22(12-14-23)15-9-6-7-10-15/h15-16H,5-14H2,1-4H3/p+2/t16-/m0/s1. The van der Waals surface area contributed by atoms with Crippen LogP contribution < -0.4 is 9.80 Å². The highest BCUT2D eigenvalue weighted by Gasteiger charge is 2.37. The number of nitrogens with zero attached hydrogens (tertiary/aromatic N) is 4. The fraction of sp³-hybridized carbons (Fsp3) is 0.944. The maximum atomic E-state index is 4.45. The molecular weight excluding hydrogens is 300 g/mol. The quantitative estimate of drug-likeness (QED) is 0.796. The molecule has 1 atom stereocenters. The number of nitrogens with one attached hydrogen (secondary N) is 2. The van der Waals surface area contributed by atoms with Crippen molar-refractivity contribution in [1.82, 2.24) is 20.2 Å². The zero-order chi connectivity index (χ0) is 17.2. The van der Waals surface area contributed by atoms with Gasteiger partial charge in [-0.25, -0.2) is 4.68 Å². The Morgan fingerprint density at radius 1 is 1.12 bits per heavy atom. The first-order valence-electron chi connectivity index (χ1n) is 9.98. The van der Waals surface area contributed by atoms with E-state index in [0.29, 0.717) is 6.04 Å². The van der Waals surface area contributed by atoms with Gasteiger partial charge in [0.15, 0.2) is 0 Å². The van der Waals surface area contributed by atoms with Crippen LogP contribution in [0.1, 0.15) is 78.1 Å². The lowest BCUT2D eigenvalue weighted by atomic mass is 10.0. The minimum atomic E-state index is -0.0544. The Hall–Kier alpha value is -1.01. The molecule has 1 aliphatic heterocycles. The molecule has 0 spiro atoms. The Kier molecular flexibility index (Phi) is 5.55. The zero-order valence-electron chi connectivity index (χ0n) is 16.0. The first kappa shape index (κ1) is 17.8. The molecule has 2 heterocycles. The van der Waals surface area contributed by atoms with Gasteiger partial charge in [-0.1, -0.05) is 13.3 Å². The van der Waals surface area contributed by atoms with E-state index in [-0.39, 0.29) is 5.54 Å². The third-order valence-electron chi connectivity index (χ3n) is 5.98. The van der Waals surface area contributed by atoms with Gasteiger partial charge in [0.2, 0.25) is 5.82 Å². The van der Waals surface area contributed by atoms with Crippen molar-refractivity contribution < 1.29 is 9.80 Å². The van der Waals surface area contributed by atoms with Gasteiger partial charge >= 0.3 is 0 Å². The highest BCUT2D eigenvalue weighted by Crippen LogP contribution is 2.20. The fourth-order valence-corrected chi connectivity index (χ4v) is 4.68. The van der Waals surface area contributed by atoms with Crippen molar-refractivity contribution in [3.8, 4) is 0 Å². The second kappa shape index (κ2) is 7.48. The smallest absolute Gasteiger partial charge is 0.209 e. The van der Waals surface area contributed by atoms with Gasteiger partial charge in [-0.3, -0.25) is 0 Å². The number of rotatable bonds is 5. The van der Waals surface area contributed by atoms with Crippen molar-refractivity contribution in [1.29, 1.82) is 0 Å². The number of aromatic nitrogens is 4. The molecule has 1 saturated heterocycles. The molecule has 2 N–H and O–H groups in total. The molecule has 3 rings (SSSR count). The molecule has 0 unspecified atom stereocenters. The summed E-state index contributed by atoms with van der Waals surface area (Å²) in [6.45, 7) is 14.0. The van der Waals surface area contributed by atoms with Gasteiger partial charge in [0.1, 0.15) is 32.2 Å². The molecule has 6 heteroatoms. The Bertz CT molecular complexity index is 506. The van der Waals surface area contributed by atoms with E-state index in [1.54, 1.807) is 4.90 Å². The van der Waals surface area contributed by atoms with Crippen molar-refractivity contribution in [2.75, 3.05) is 26.2 Å². The van der Waals surface area contributed by atoms with Crippen LogP contribution in [0.2, 0.25) is 0 Å². The van der Waals surface area contributed by atoms with E-state index in [9.17, 15) is 0 Å². The lowest BCUT2D eigenvalue weighted by Gasteiger charge is -2.37. The summed E-state index contributed by atoms with van der Waals surface area (Å²) in [5.74, 6) is 1.09. The number of hydrogen-bond acceptors (Lipinski definition) is 3. The van der Waals surface area contributed by atoms with E-state index in [2.05, 4.69) is 47.9 Å². The molecule has 1 aromatic rings. The molecule has 0 bridgehead atoms. The van der Waals surface area contributed by atoms with Crippen LogP contribution in [-0.2, 0) is 5.54 Å². The number of hydrogen-bond donors (Lipinski definition) is 2. The number of tetrazole rings is 1.